The SMILES string of the molecule is O=C1CC(Cl)CN1c1ccc(CN2CCCC2)cc1. The number of carbonyl (C=O) groups is 1. The Balaban J connectivity index is 1.66. The van der Waals surface area contributed by atoms with E-state index in [1.54, 1.807) is 4.90 Å². The molecule has 1 unspecified atom stereocenters. The normalized spacial score (nSPS) is 24.4. The minimum Gasteiger partial charge on any atom is -0.311 e. The van der Waals surface area contributed by atoms with Gasteiger partial charge in [-0.3, -0.25) is 9.69 Å². The number of carbonyl (C=O) groups excluding carboxylic acids is 1. The molecule has 1 atom stereocenters. The van der Waals surface area contributed by atoms with Gasteiger partial charge in [0.1, 0.15) is 0 Å². The van der Waals surface area contributed by atoms with Crippen LogP contribution in [0.25, 0.3) is 0 Å². The zero-order valence-electron chi connectivity index (χ0n) is 11.0. The van der Waals surface area contributed by atoms with Crippen molar-refractivity contribution in [3.8, 4) is 0 Å². The first kappa shape index (κ1) is 12.9. The average Bonchev–Trinajstić information content (AvgIpc) is 3.00. The molecule has 1 aromatic rings. The van der Waals surface area contributed by atoms with Crippen molar-refractivity contribution < 1.29 is 4.79 Å². The van der Waals surface area contributed by atoms with E-state index in [0.29, 0.717) is 13.0 Å². The van der Waals surface area contributed by atoms with Crippen molar-refractivity contribution in [3.05, 3.63) is 29.8 Å². The van der Waals surface area contributed by atoms with Gasteiger partial charge in [-0.2, -0.15) is 0 Å². The number of benzene rings is 1. The van der Waals surface area contributed by atoms with Crippen LogP contribution in [0.3, 0.4) is 0 Å². The van der Waals surface area contributed by atoms with Crippen LogP contribution < -0.4 is 4.90 Å². The summed E-state index contributed by atoms with van der Waals surface area (Å²) >= 11 is 6.03. The summed E-state index contributed by atoms with van der Waals surface area (Å²) in [6.07, 6.45) is 3.09. The van der Waals surface area contributed by atoms with Gasteiger partial charge in [-0.25, -0.2) is 0 Å². The van der Waals surface area contributed by atoms with Crippen LogP contribution in [0.2, 0.25) is 0 Å². The summed E-state index contributed by atoms with van der Waals surface area (Å²) in [7, 11) is 0. The zero-order valence-corrected chi connectivity index (χ0v) is 11.8. The smallest absolute Gasteiger partial charge is 0.228 e. The van der Waals surface area contributed by atoms with E-state index < -0.39 is 0 Å². The summed E-state index contributed by atoms with van der Waals surface area (Å²) < 4.78 is 0. The molecule has 1 amide bonds. The van der Waals surface area contributed by atoms with Crippen LogP contribution in [0.1, 0.15) is 24.8 Å². The maximum atomic E-state index is 11.8. The Kier molecular flexibility index (Phi) is 3.76. The zero-order chi connectivity index (χ0) is 13.2. The van der Waals surface area contributed by atoms with Crippen LogP contribution in [0.4, 0.5) is 5.69 Å². The lowest BCUT2D eigenvalue weighted by Gasteiger charge is -2.18. The predicted octanol–water partition coefficient (Wildman–Crippen LogP) is 2.63. The molecule has 4 heteroatoms. The maximum Gasteiger partial charge on any atom is 0.228 e. The molecule has 0 saturated carbocycles. The second-order valence-corrected chi connectivity index (χ2v) is 6.07. The van der Waals surface area contributed by atoms with E-state index in [1.165, 1.54) is 31.5 Å². The highest BCUT2D eigenvalue weighted by Crippen LogP contribution is 2.25. The molecule has 3 rings (SSSR count). The molecule has 102 valence electrons. The first-order chi connectivity index (χ1) is 9.22. The quantitative estimate of drug-likeness (QED) is 0.794. The van der Waals surface area contributed by atoms with E-state index >= 15 is 0 Å². The summed E-state index contributed by atoms with van der Waals surface area (Å²) in [5.41, 5.74) is 2.29. The van der Waals surface area contributed by atoms with Gasteiger partial charge in [0, 0.05) is 25.2 Å². The fourth-order valence-electron chi connectivity index (χ4n) is 2.89. The molecule has 0 aliphatic carbocycles. The number of alkyl halides is 1. The molecule has 0 radical (unpaired) electrons. The monoisotopic (exact) mass is 278 g/mol. The van der Waals surface area contributed by atoms with Crippen molar-refractivity contribution in [2.45, 2.75) is 31.2 Å². The second kappa shape index (κ2) is 5.51. The third-order valence-electron chi connectivity index (χ3n) is 3.93. The van der Waals surface area contributed by atoms with Crippen molar-refractivity contribution in [2.75, 3.05) is 24.5 Å². The first-order valence-electron chi connectivity index (χ1n) is 6.98. The van der Waals surface area contributed by atoms with Gasteiger partial charge in [-0.05, 0) is 43.6 Å². The molecule has 0 bridgehead atoms. The summed E-state index contributed by atoms with van der Waals surface area (Å²) in [6, 6.07) is 8.33. The average molecular weight is 279 g/mol. The lowest BCUT2D eigenvalue weighted by Crippen LogP contribution is -2.24. The molecule has 2 fully saturated rings. The van der Waals surface area contributed by atoms with E-state index in [9.17, 15) is 4.79 Å². The Morgan fingerprint density at radius 1 is 1.16 bits per heavy atom. The van der Waals surface area contributed by atoms with Gasteiger partial charge in [0.15, 0.2) is 0 Å². The van der Waals surface area contributed by atoms with Gasteiger partial charge in [-0.15, -0.1) is 11.6 Å². The van der Waals surface area contributed by atoms with Crippen molar-refractivity contribution in [1.29, 1.82) is 0 Å². The van der Waals surface area contributed by atoms with E-state index in [2.05, 4.69) is 17.0 Å². The molecule has 0 spiro atoms. The molecule has 19 heavy (non-hydrogen) atoms. The van der Waals surface area contributed by atoms with Crippen LogP contribution >= 0.6 is 11.6 Å². The highest BCUT2D eigenvalue weighted by atomic mass is 35.5. The van der Waals surface area contributed by atoms with Gasteiger partial charge >= 0.3 is 0 Å². The molecule has 0 N–H and O–H groups in total. The van der Waals surface area contributed by atoms with Crippen LogP contribution in [0, 0.1) is 0 Å². The lowest BCUT2D eigenvalue weighted by atomic mass is 10.2. The number of halogens is 1. The summed E-state index contributed by atoms with van der Waals surface area (Å²) in [5.74, 6) is 0.132. The van der Waals surface area contributed by atoms with E-state index in [0.717, 1.165) is 12.2 Å². The Morgan fingerprint density at radius 3 is 2.42 bits per heavy atom. The highest BCUT2D eigenvalue weighted by Gasteiger charge is 2.28. The number of hydrogen-bond acceptors (Lipinski definition) is 2. The van der Waals surface area contributed by atoms with Crippen molar-refractivity contribution in [2.24, 2.45) is 0 Å². The minimum absolute atomic E-state index is 0.0447. The van der Waals surface area contributed by atoms with Gasteiger partial charge in [0.25, 0.3) is 0 Å². The summed E-state index contributed by atoms with van der Waals surface area (Å²) in [5, 5.41) is -0.0447. The fourth-order valence-corrected chi connectivity index (χ4v) is 3.16. The number of nitrogens with zero attached hydrogens (tertiary/aromatic N) is 2. The maximum absolute atomic E-state index is 11.8. The number of amides is 1. The number of rotatable bonds is 3. The van der Waals surface area contributed by atoms with Crippen LogP contribution in [0.5, 0.6) is 0 Å². The van der Waals surface area contributed by atoms with Gasteiger partial charge in [0.05, 0.1) is 5.38 Å². The summed E-state index contributed by atoms with van der Waals surface area (Å²) in [6.45, 7) is 4.07. The van der Waals surface area contributed by atoms with Crippen LogP contribution in [0.15, 0.2) is 24.3 Å². The van der Waals surface area contributed by atoms with E-state index in [1.807, 2.05) is 12.1 Å². The Bertz CT molecular complexity index is 454. The topological polar surface area (TPSA) is 23.6 Å². The van der Waals surface area contributed by atoms with E-state index in [4.69, 9.17) is 11.6 Å². The second-order valence-electron chi connectivity index (χ2n) is 5.46. The molecule has 3 nitrogen and oxygen atoms in total. The molecule has 2 aliphatic rings. The number of hydrogen-bond donors (Lipinski definition) is 0. The first-order valence-corrected chi connectivity index (χ1v) is 7.42. The molecular formula is C15H19ClN2O. The lowest BCUT2D eigenvalue weighted by molar-refractivity contribution is -0.117. The third kappa shape index (κ3) is 2.93. The Hall–Kier alpha value is -1.06. The van der Waals surface area contributed by atoms with Crippen molar-refractivity contribution in [1.82, 2.24) is 4.90 Å². The van der Waals surface area contributed by atoms with Crippen LogP contribution in [-0.2, 0) is 11.3 Å². The van der Waals surface area contributed by atoms with Crippen molar-refractivity contribution in [3.63, 3.8) is 0 Å². The standard InChI is InChI=1S/C15H19ClN2O/c16-13-9-15(19)18(11-13)14-5-3-12(4-6-14)10-17-7-1-2-8-17/h3-6,13H,1-2,7-11H2. The predicted molar refractivity (Wildman–Crippen MR) is 77.6 cm³/mol. The number of likely N-dealkylation sites (tertiary alicyclic amines) is 1. The van der Waals surface area contributed by atoms with Crippen LogP contribution in [-0.4, -0.2) is 35.8 Å². The van der Waals surface area contributed by atoms with Gasteiger partial charge in [-0.1, -0.05) is 12.1 Å². The largest absolute Gasteiger partial charge is 0.311 e. The third-order valence-corrected chi connectivity index (χ3v) is 4.22. The molecular weight excluding hydrogens is 260 g/mol. The minimum atomic E-state index is -0.0447. The fraction of sp³-hybridized carbons (Fsp3) is 0.533. The van der Waals surface area contributed by atoms with E-state index in [-0.39, 0.29) is 11.3 Å². The van der Waals surface area contributed by atoms with Crippen molar-refractivity contribution >= 4 is 23.2 Å². The Labute approximate surface area is 119 Å². The molecule has 0 aromatic heterocycles. The molecule has 2 heterocycles. The van der Waals surface area contributed by atoms with Gasteiger partial charge < -0.3 is 4.90 Å². The number of anilines is 1. The highest BCUT2D eigenvalue weighted by molar-refractivity contribution is 6.24. The summed E-state index contributed by atoms with van der Waals surface area (Å²) in [4.78, 5) is 16.0. The molecule has 1 aromatic carbocycles. The molecule has 2 aliphatic heterocycles. The Morgan fingerprint density at radius 2 is 1.84 bits per heavy atom. The van der Waals surface area contributed by atoms with Gasteiger partial charge in [0.2, 0.25) is 5.91 Å². The molecule has 2 saturated heterocycles.